The van der Waals surface area contributed by atoms with Crippen LogP contribution in [0, 0.1) is 29.1 Å². The number of hydrogen-bond donors (Lipinski definition) is 0. The van der Waals surface area contributed by atoms with E-state index < -0.39 is 0 Å². The standard InChI is InChI=1S/C8H9N/c9-5-8-4-6-1-2-7(8)3-6/h1-2,6-8H,3-4H2/t6-,7+,8?/m0/s1. The van der Waals surface area contributed by atoms with Crippen molar-refractivity contribution in [2.75, 3.05) is 0 Å². The molecule has 0 aliphatic heterocycles. The van der Waals surface area contributed by atoms with Crippen LogP contribution in [0.25, 0.3) is 0 Å². The lowest BCUT2D eigenvalue weighted by Gasteiger charge is -2.06. The minimum absolute atomic E-state index is 0.347. The van der Waals surface area contributed by atoms with Crippen molar-refractivity contribution in [3.05, 3.63) is 12.2 Å². The first-order valence-corrected chi connectivity index (χ1v) is 3.48. The van der Waals surface area contributed by atoms with E-state index in [1.54, 1.807) is 0 Å². The molecule has 0 spiro atoms. The molecular weight excluding hydrogens is 110 g/mol. The van der Waals surface area contributed by atoms with Crippen LogP contribution in [0.5, 0.6) is 0 Å². The summed E-state index contributed by atoms with van der Waals surface area (Å²) in [4.78, 5) is 0. The number of nitrogens with zero attached hydrogens (tertiary/aromatic N) is 1. The lowest BCUT2D eigenvalue weighted by atomic mass is 9.95. The van der Waals surface area contributed by atoms with E-state index in [1.165, 1.54) is 6.42 Å². The molecule has 1 saturated carbocycles. The molecule has 0 aromatic carbocycles. The predicted octanol–water partition coefficient (Wildman–Crippen LogP) is 1.72. The highest BCUT2D eigenvalue weighted by Crippen LogP contribution is 2.42. The summed E-state index contributed by atoms with van der Waals surface area (Å²) >= 11 is 0. The highest BCUT2D eigenvalue weighted by atomic mass is 14.4. The summed E-state index contributed by atoms with van der Waals surface area (Å²) in [7, 11) is 0. The molecule has 9 heavy (non-hydrogen) atoms. The van der Waals surface area contributed by atoms with Gasteiger partial charge in [0.25, 0.3) is 0 Å². The zero-order valence-corrected chi connectivity index (χ0v) is 5.25. The topological polar surface area (TPSA) is 23.8 Å². The average Bonchev–Trinajstić information content (AvgIpc) is 2.45. The van der Waals surface area contributed by atoms with E-state index in [4.69, 9.17) is 5.26 Å². The first-order chi connectivity index (χ1) is 4.40. The van der Waals surface area contributed by atoms with Gasteiger partial charge in [0.15, 0.2) is 0 Å². The smallest absolute Gasteiger partial charge is 0.0662 e. The lowest BCUT2D eigenvalue weighted by molar-refractivity contribution is 0.563. The van der Waals surface area contributed by atoms with Gasteiger partial charge in [-0.1, -0.05) is 12.2 Å². The number of hydrogen-bond acceptors (Lipinski definition) is 1. The number of nitriles is 1. The third-order valence-corrected chi connectivity index (χ3v) is 2.44. The van der Waals surface area contributed by atoms with Crippen LogP contribution in [-0.2, 0) is 0 Å². The second kappa shape index (κ2) is 1.60. The zero-order chi connectivity index (χ0) is 6.27. The minimum Gasteiger partial charge on any atom is -0.198 e. The first-order valence-electron chi connectivity index (χ1n) is 3.48. The monoisotopic (exact) mass is 119 g/mol. The van der Waals surface area contributed by atoms with E-state index in [1.807, 2.05) is 0 Å². The highest BCUT2D eigenvalue weighted by molar-refractivity contribution is 5.14. The Morgan fingerprint density at radius 3 is 2.56 bits per heavy atom. The number of fused-ring (bicyclic) bond motifs is 2. The lowest BCUT2D eigenvalue weighted by Crippen LogP contribution is -2.02. The van der Waals surface area contributed by atoms with Crippen molar-refractivity contribution < 1.29 is 0 Å². The van der Waals surface area contributed by atoms with Gasteiger partial charge < -0.3 is 0 Å². The van der Waals surface area contributed by atoms with Crippen molar-refractivity contribution >= 4 is 0 Å². The zero-order valence-electron chi connectivity index (χ0n) is 5.25. The largest absolute Gasteiger partial charge is 0.198 e. The van der Waals surface area contributed by atoms with Gasteiger partial charge in [0.05, 0.1) is 12.0 Å². The molecule has 2 aliphatic carbocycles. The Balaban J connectivity index is 2.22. The molecule has 1 unspecified atom stereocenters. The van der Waals surface area contributed by atoms with E-state index in [2.05, 4.69) is 18.2 Å². The van der Waals surface area contributed by atoms with Crippen LogP contribution in [0.2, 0.25) is 0 Å². The fourth-order valence-electron chi connectivity index (χ4n) is 1.93. The van der Waals surface area contributed by atoms with Gasteiger partial charge in [0, 0.05) is 0 Å². The molecule has 0 N–H and O–H groups in total. The normalized spacial score (nSPS) is 45.4. The molecule has 1 heteroatoms. The van der Waals surface area contributed by atoms with Crippen molar-refractivity contribution in [3.63, 3.8) is 0 Å². The molecular formula is C8H9N. The fraction of sp³-hybridized carbons (Fsp3) is 0.625. The second-order valence-electron chi connectivity index (χ2n) is 3.02. The average molecular weight is 119 g/mol. The molecule has 0 aromatic rings. The molecule has 1 fully saturated rings. The molecule has 2 bridgehead atoms. The summed E-state index contributed by atoms with van der Waals surface area (Å²) in [5.41, 5.74) is 0. The first kappa shape index (κ1) is 5.05. The van der Waals surface area contributed by atoms with E-state index in [0.717, 1.165) is 12.3 Å². The van der Waals surface area contributed by atoms with Crippen LogP contribution in [-0.4, -0.2) is 0 Å². The maximum absolute atomic E-state index is 8.60. The van der Waals surface area contributed by atoms with Gasteiger partial charge in [-0.3, -0.25) is 0 Å². The summed E-state index contributed by atoms with van der Waals surface area (Å²) in [6.07, 6.45) is 6.84. The van der Waals surface area contributed by atoms with E-state index in [0.29, 0.717) is 11.8 Å². The SMILES string of the molecule is N#CC1C[C@H]2C=C[C@@H]1C2. The fourth-order valence-corrected chi connectivity index (χ4v) is 1.93. The molecule has 0 aromatic heterocycles. The van der Waals surface area contributed by atoms with Gasteiger partial charge in [-0.2, -0.15) is 5.26 Å². The summed E-state index contributed by atoms with van der Waals surface area (Å²) < 4.78 is 0. The van der Waals surface area contributed by atoms with Crippen molar-refractivity contribution in [2.45, 2.75) is 12.8 Å². The predicted molar refractivity (Wildman–Crippen MR) is 34.5 cm³/mol. The Labute approximate surface area is 55.0 Å². The molecule has 0 amide bonds. The van der Waals surface area contributed by atoms with Crippen LogP contribution in [0.4, 0.5) is 0 Å². The Morgan fingerprint density at radius 2 is 2.22 bits per heavy atom. The Kier molecular flexibility index (Phi) is 0.900. The molecule has 2 rings (SSSR count). The Bertz CT molecular complexity index is 187. The van der Waals surface area contributed by atoms with E-state index in [9.17, 15) is 0 Å². The van der Waals surface area contributed by atoms with Crippen molar-refractivity contribution in [1.29, 1.82) is 5.26 Å². The third kappa shape index (κ3) is 0.595. The maximum Gasteiger partial charge on any atom is 0.0662 e. The highest BCUT2D eigenvalue weighted by Gasteiger charge is 2.35. The van der Waals surface area contributed by atoms with Gasteiger partial charge in [0.2, 0.25) is 0 Å². The molecule has 0 saturated heterocycles. The van der Waals surface area contributed by atoms with E-state index in [-0.39, 0.29) is 0 Å². The van der Waals surface area contributed by atoms with Gasteiger partial charge in [0.1, 0.15) is 0 Å². The van der Waals surface area contributed by atoms with E-state index >= 15 is 0 Å². The molecule has 0 radical (unpaired) electrons. The van der Waals surface area contributed by atoms with Crippen LogP contribution in [0.1, 0.15) is 12.8 Å². The summed E-state index contributed by atoms with van der Waals surface area (Å²) in [6.45, 7) is 0. The number of allylic oxidation sites excluding steroid dienone is 2. The molecule has 3 atom stereocenters. The Morgan fingerprint density at radius 1 is 1.33 bits per heavy atom. The molecule has 46 valence electrons. The summed E-state index contributed by atoms with van der Waals surface area (Å²) in [5.74, 6) is 1.71. The minimum atomic E-state index is 0.347. The van der Waals surface area contributed by atoms with Crippen molar-refractivity contribution in [3.8, 4) is 6.07 Å². The molecule has 1 nitrogen and oxygen atoms in total. The third-order valence-electron chi connectivity index (χ3n) is 2.44. The van der Waals surface area contributed by atoms with Gasteiger partial charge >= 0.3 is 0 Å². The Hall–Kier alpha value is -0.770. The van der Waals surface area contributed by atoms with Crippen molar-refractivity contribution in [1.82, 2.24) is 0 Å². The van der Waals surface area contributed by atoms with Gasteiger partial charge in [-0.05, 0) is 24.7 Å². The van der Waals surface area contributed by atoms with Crippen LogP contribution in [0.15, 0.2) is 12.2 Å². The quantitative estimate of drug-likeness (QED) is 0.445. The van der Waals surface area contributed by atoms with Crippen LogP contribution >= 0.6 is 0 Å². The van der Waals surface area contributed by atoms with Crippen molar-refractivity contribution in [2.24, 2.45) is 17.8 Å². The second-order valence-corrected chi connectivity index (χ2v) is 3.02. The molecule has 2 aliphatic rings. The van der Waals surface area contributed by atoms with Crippen LogP contribution in [0.3, 0.4) is 0 Å². The van der Waals surface area contributed by atoms with Gasteiger partial charge in [-0.15, -0.1) is 0 Å². The van der Waals surface area contributed by atoms with Crippen LogP contribution < -0.4 is 0 Å². The van der Waals surface area contributed by atoms with Gasteiger partial charge in [-0.25, -0.2) is 0 Å². The summed E-state index contributed by atoms with van der Waals surface area (Å²) in [6, 6.07) is 2.34. The maximum atomic E-state index is 8.60. The molecule has 0 heterocycles. The number of rotatable bonds is 0. The summed E-state index contributed by atoms with van der Waals surface area (Å²) in [5, 5.41) is 8.60.